The zero-order valence-corrected chi connectivity index (χ0v) is 17.0. The number of methoxy groups -OCH3 is 1. The normalized spacial score (nSPS) is 18.8. The van der Waals surface area contributed by atoms with E-state index in [1.165, 1.54) is 0 Å². The summed E-state index contributed by atoms with van der Waals surface area (Å²) in [5.74, 6) is 2.22. The minimum absolute atomic E-state index is 0.114. The molecule has 2 aliphatic heterocycles. The number of nitrogens with one attached hydrogen (secondary N) is 1. The van der Waals surface area contributed by atoms with Crippen molar-refractivity contribution in [2.45, 2.75) is 44.2 Å². The van der Waals surface area contributed by atoms with Gasteiger partial charge in [-0.25, -0.2) is 23.1 Å². The molecule has 0 bridgehead atoms. The minimum atomic E-state index is -3.39. The number of anilines is 1. The van der Waals surface area contributed by atoms with Gasteiger partial charge in [0.15, 0.2) is 0 Å². The number of pyridine rings is 2. The van der Waals surface area contributed by atoms with E-state index in [9.17, 15) is 8.42 Å². The molecule has 1 fully saturated rings. The molecule has 0 unspecified atom stereocenters. The molecule has 0 aliphatic carbocycles. The number of aryl methyl sites for hydroxylation is 2. The van der Waals surface area contributed by atoms with Crippen LogP contribution >= 0.6 is 0 Å². The Morgan fingerprint density at radius 1 is 1.18 bits per heavy atom. The monoisotopic (exact) mass is 404 g/mol. The van der Waals surface area contributed by atoms with Crippen molar-refractivity contribution in [3.8, 4) is 11.6 Å². The molecule has 8 nitrogen and oxygen atoms in total. The lowest BCUT2D eigenvalue weighted by atomic mass is 10.1. The lowest BCUT2D eigenvalue weighted by Gasteiger charge is -2.34. The predicted molar refractivity (Wildman–Crippen MR) is 104 cm³/mol. The molecule has 0 amide bonds. The molecule has 4 rings (SSSR count). The highest BCUT2D eigenvalue weighted by Gasteiger charge is 2.30. The van der Waals surface area contributed by atoms with E-state index in [1.54, 1.807) is 19.4 Å². The van der Waals surface area contributed by atoms with Crippen LogP contribution in [0.2, 0.25) is 0 Å². The molecule has 0 radical (unpaired) electrons. The van der Waals surface area contributed by atoms with Gasteiger partial charge >= 0.3 is 0 Å². The number of rotatable bonds is 4. The van der Waals surface area contributed by atoms with Crippen LogP contribution in [0.1, 0.15) is 29.7 Å². The van der Waals surface area contributed by atoms with E-state index in [2.05, 4.69) is 19.6 Å². The van der Waals surface area contributed by atoms with E-state index in [1.807, 2.05) is 19.9 Å². The van der Waals surface area contributed by atoms with Crippen LogP contribution in [0.25, 0.3) is 0 Å². The molecule has 0 saturated carbocycles. The summed E-state index contributed by atoms with van der Waals surface area (Å²) in [6, 6.07) is 3.67. The van der Waals surface area contributed by atoms with Gasteiger partial charge in [0.05, 0.1) is 25.5 Å². The highest BCUT2D eigenvalue weighted by molar-refractivity contribution is 7.89. The Hall–Kier alpha value is -2.39. The molecule has 9 heteroatoms. The number of hydrogen-bond donors (Lipinski definition) is 1. The summed E-state index contributed by atoms with van der Waals surface area (Å²) >= 11 is 0. The Morgan fingerprint density at radius 2 is 1.93 bits per heavy atom. The third kappa shape index (κ3) is 3.51. The minimum Gasteiger partial charge on any atom is -0.489 e. The SMILES string of the molecule is COc1ncc(OC2CCN(c3nc4c(cc3C)S(=O)(=O)NC4)CC2)cc1C. The Labute approximate surface area is 164 Å². The Morgan fingerprint density at radius 3 is 2.61 bits per heavy atom. The van der Waals surface area contributed by atoms with Crippen LogP contribution in [0.4, 0.5) is 5.82 Å². The van der Waals surface area contributed by atoms with Gasteiger partial charge in [-0.05, 0) is 31.5 Å². The van der Waals surface area contributed by atoms with Crippen molar-refractivity contribution in [2.24, 2.45) is 0 Å². The van der Waals surface area contributed by atoms with Crippen molar-refractivity contribution >= 4 is 15.8 Å². The molecule has 1 saturated heterocycles. The lowest BCUT2D eigenvalue weighted by Crippen LogP contribution is -2.39. The van der Waals surface area contributed by atoms with Gasteiger partial charge in [0.25, 0.3) is 0 Å². The van der Waals surface area contributed by atoms with E-state index >= 15 is 0 Å². The summed E-state index contributed by atoms with van der Waals surface area (Å²) in [6.45, 7) is 5.72. The molecule has 1 N–H and O–H groups in total. The van der Waals surface area contributed by atoms with Crippen LogP contribution in [-0.4, -0.2) is 44.7 Å². The Balaban J connectivity index is 1.43. The van der Waals surface area contributed by atoms with Crippen molar-refractivity contribution in [2.75, 3.05) is 25.1 Å². The number of sulfonamides is 1. The number of piperidine rings is 1. The Kier molecular flexibility index (Phi) is 4.88. The van der Waals surface area contributed by atoms with Crippen LogP contribution in [0.3, 0.4) is 0 Å². The van der Waals surface area contributed by atoms with E-state index < -0.39 is 10.0 Å². The van der Waals surface area contributed by atoms with Crippen LogP contribution in [0.5, 0.6) is 11.6 Å². The van der Waals surface area contributed by atoms with Crippen LogP contribution in [0.15, 0.2) is 23.2 Å². The number of hydrogen-bond acceptors (Lipinski definition) is 7. The molecule has 4 heterocycles. The molecule has 2 aliphatic rings. The van der Waals surface area contributed by atoms with E-state index in [4.69, 9.17) is 9.47 Å². The van der Waals surface area contributed by atoms with Gasteiger partial charge in [-0.3, -0.25) is 0 Å². The van der Waals surface area contributed by atoms with Gasteiger partial charge < -0.3 is 14.4 Å². The molecule has 0 aromatic carbocycles. The molecule has 0 spiro atoms. The maximum absolute atomic E-state index is 12.0. The first kappa shape index (κ1) is 18.9. The fraction of sp³-hybridized carbons (Fsp3) is 0.474. The maximum Gasteiger partial charge on any atom is 0.242 e. The smallest absolute Gasteiger partial charge is 0.242 e. The van der Waals surface area contributed by atoms with Crippen molar-refractivity contribution in [3.05, 3.63) is 35.2 Å². The topological polar surface area (TPSA) is 93.7 Å². The molecule has 150 valence electrons. The highest BCUT2D eigenvalue weighted by atomic mass is 32.2. The van der Waals surface area contributed by atoms with E-state index in [-0.39, 0.29) is 12.6 Å². The molecular weight excluding hydrogens is 380 g/mol. The molecule has 2 aromatic rings. The first-order valence-corrected chi connectivity index (χ1v) is 10.8. The van der Waals surface area contributed by atoms with Gasteiger partial charge in [-0.15, -0.1) is 0 Å². The van der Waals surface area contributed by atoms with Crippen molar-refractivity contribution in [1.82, 2.24) is 14.7 Å². The summed E-state index contributed by atoms with van der Waals surface area (Å²) in [4.78, 5) is 11.4. The van der Waals surface area contributed by atoms with Crippen LogP contribution in [-0.2, 0) is 16.6 Å². The second-order valence-electron chi connectivity index (χ2n) is 7.20. The largest absolute Gasteiger partial charge is 0.489 e. The molecule has 2 aromatic heterocycles. The van der Waals surface area contributed by atoms with Crippen LogP contribution < -0.4 is 19.1 Å². The third-order valence-electron chi connectivity index (χ3n) is 5.19. The summed E-state index contributed by atoms with van der Waals surface area (Å²) in [7, 11) is -1.79. The quantitative estimate of drug-likeness (QED) is 0.832. The Bertz CT molecular complexity index is 1000. The summed E-state index contributed by atoms with van der Waals surface area (Å²) in [5.41, 5.74) is 2.41. The van der Waals surface area contributed by atoms with Crippen molar-refractivity contribution in [3.63, 3.8) is 0 Å². The average molecular weight is 404 g/mol. The zero-order valence-electron chi connectivity index (χ0n) is 16.2. The second kappa shape index (κ2) is 7.21. The molecule has 28 heavy (non-hydrogen) atoms. The summed E-state index contributed by atoms with van der Waals surface area (Å²) < 4.78 is 37.8. The number of aromatic nitrogens is 2. The van der Waals surface area contributed by atoms with Gasteiger partial charge in [0.1, 0.15) is 22.6 Å². The highest BCUT2D eigenvalue weighted by Crippen LogP contribution is 2.30. The second-order valence-corrected chi connectivity index (χ2v) is 8.94. The number of ether oxygens (including phenoxy) is 2. The average Bonchev–Trinajstić information content (AvgIpc) is 2.96. The van der Waals surface area contributed by atoms with E-state index in [0.717, 1.165) is 48.6 Å². The fourth-order valence-corrected chi connectivity index (χ4v) is 4.97. The first-order chi connectivity index (χ1) is 13.4. The lowest BCUT2D eigenvalue weighted by molar-refractivity contribution is 0.169. The maximum atomic E-state index is 12.0. The third-order valence-corrected chi connectivity index (χ3v) is 6.64. The van der Waals surface area contributed by atoms with E-state index in [0.29, 0.717) is 16.5 Å². The molecule has 0 atom stereocenters. The molecular formula is C19H24N4O4S. The van der Waals surface area contributed by atoms with Gasteiger partial charge in [-0.2, -0.15) is 0 Å². The van der Waals surface area contributed by atoms with Crippen molar-refractivity contribution in [1.29, 1.82) is 0 Å². The number of nitrogens with zero attached hydrogens (tertiary/aromatic N) is 3. The van der Waals surface area contributed by atoms with Gasteiger partial charge in [0.2, 0.25) is 15.9 Å². The first-order valence-electron chi connectivity index (χ1n) is 9.30. The zero-order chi connectivity index (χ0) is 19.9. The fourth-order valence-electron chi connectivity index (χ4n) is 3.73. The summed E-state index contributed by atoms with van der Waals surface area (Å²) in [6.07, 6.45) is 3.53. The summed E-state index contributed by atoms with van der Waals surface area (Å²) in [5, 5.41) is 0. The predicted octanol–water partition coefficient (Wildman–Crippen LogP) is 1.94. The van der Waals surface area contributed by atoms with Crippen molar-refractivity contribution < 1.29 is 17.9 Å². The standard InChI is InChI=1S/C19H24N4O4S/c1-12-9-17-16(11-21-28(17,24)25)22-18(12)23-6-4-14(5-7-23)27-15-8-13(2)19(26-3)20-10-15/h8-10,14,21H,4-7,11H2,1-3H3. The number of fused-ring (bicyclic) bond motifs is 1. The van der Waals surface area contributed by atoms with Gasteiger partial charge in [-0.1, -0.05) is 0 Å². The van der Waals surface area contributed by atoms with Gasteiger partial charge in [0, 0.05) is 31.5 Å². The van der Waals surface area contributed by atoms with Crippen LogP contribution in [0, 0.1) is 13.8 Å².